The lowest BCUT2D eigenvalue weighted by Crippen LogP contribution is -1.98. The standard InChI is InChI=1S/C13H17NO2S/c1-10-11(7-12(8-14)16-10)9-15-5-4-13-3-2-6-17-13/h2-3,6-7H,4-5,8-9,14H2,1H3. The third-order valence-corrected chi connectivity index (χ3v) is 3.54. The number of furan rings is 1. The Morgan fingerprint density at radius 1 is 1.47 bits per heavy atom. The van der Waals surface area contributed by atoms with Crippen molar-refractivity contribution in [3.05, 3.63) is 45.5 Å². The van der Waals surface area contributed by atoms with Crippen molar-refractivity contribution < 1.29 is 9.15 Å². The number of rotatable bonds is 6. The van der Waals surface area contributed by atoms with Crippen molar-refractivity contribution in [2.24, 2.45) is 5.73 Å². The molecule has 0 aliphatic heterocycles. The molecule has 0 aliphatic carbocycles. The van der Waals surface area contributed by atoms with E-state index in [0.717, 1.165) is 30.1 Å². The van der Waals surface area contributed by atoms with E-state index in [9.17, 15) is 0 Å². The van der Waals surface area contributed by atoms with Crippen molar-refractivity contribution >= 4 is 11.3 Å². The summed E-state index contributed by atoms with van der Waals surface area (Å²) in [6, 6.07) is 6.16. The number of aryl methyl sites for hydroxylation is 1. The van der Waals surface area contributed by atoms with E-state index < -0.39 is 0 Å². The summed E-state index contributed by atoms with van der Waals surface area (Å²) in [5.74, 6) is 1.72. The van der Waals surface area contributed by atoms with Crippen LogP contribution in [0.3, 0.4) is 0 Å². The molecule has 0 amide bonds. The van der Waals surface area contributed by atoms with E-state index in [0.29, 0.717) is 13.2 Å². The molecule has 2 N–H and O–H groups in total. The molecule has 0 atom stereocenters. The van der Waals surface area contributed by atoms with Crippen LogP contribution in [0.5, 0.6) is 0 Å². The average molecular weight is 251 g/mol. The predicted octanol–water partition coefficient (Wildman–Crippen LogP) is 2.87. The highest BCUT2D eigenvalue weighted by atomic mass is 32.1. The van der Waals surface area contributed by atoms with Crippen LogP contribution in [0.15, 0.2) is 28.0 Å². The molecule has 2 aromatic rings. The number of nitrogens with two attached hydrogens (primary N) is 1. The van der Waals surface area contributed by atoms with Crippen LogP contribution in [0.25, 0.3) is 0 Å². The molecule has 2 rings (SSSR count). The molecule has 2 heterocycles. The Kier molecular flexibility index (Phi) is 4.36. The molecule has 0 radical (unpaired) electrons. The number of thiophene rings is 1. The summed E-state index contributed by atoms with van der Waals surface area (Å²) in [7, 11) is 0. The van der Waals surface area contributed by atoms with Crippen LogP contribution in [0.2, 0.25) is 0 Å². The minimum absolute atomic E-state index is 0.441. The first-order valence-electron chi connectivity index (χ1n) is 5.68. The van der Waals surface area contributed by atoms with Gasteiger partial charge in [0.05, 0.1) is 19.8 Å². The van der Waals surface area contributed by atoms with Gasteiger partial charge in [-0.1, -0.05) is 6.07 Å². The molecule has 0 bridgehead atoms. The van der Waals surface area contributed by atoms with Crippen molar-refractivity contribution in [2.45, 2.75) is 26.5 Å². The quantitative estimate of drug-likeness (QED) is 0.803. The third-order valence-electron chi connectivity index (χ3n) is 2.60. The van der Waals surface area contributed by atoms with Crippen molar-refractivity contribution in [2.75, 3.05) is 6.61 Å². The molecule has 0 saturated heterocycles. The summed E-state index contributed by atoms with van der Waals surface area (Å²) in [6.45, 7) is 3.72. The van der Waals surface area contributed by atoms with Crippen molar-refractivity contribution in [3.63, 3.8) is 0 Å². The highest BCUT2D eigenvalue weighted by Gasteiger charge is 2.06. The zero-order valence-corrected chi connectivity index (χ0v) is 10.8. The molecule has 92 valence electrons. The van der Waals surface area contributed by atoms with Crippen LogP contribution in [0.4, 0.5) is 0 Å². The monoisotopic (exact) mass is 251 g/mol. The van der Waals surface area contributed by atoms with Gasteiger partial charge in [-0.2, -0.15) is 0 Å². The first-order valence-corrected chi connectivity index (χ1v) is 6.56. The maximum absolute atomic E-state index is 5.64. The molecule has 17 heavy (non-hydrogen) atoms. The lowest BCUT2D eigenvalue weighted by molar-refractivity contribution is 0.123. The Balaban J connectivity index is 1.76. The first kappa shape index (κ1) is 12.4. The lowest BCUT2D eigenvalue weighted by atomic mass is 10.2. The highest BCUT2D eigenvalue weighted by Crippen LogP contribution is 2.15. The van der Waals surface area contributed by atoms with Gasteiger partial charge in [-0.3, -0.25) is 0 Å². The molecule has 0 fully saturated rings. The largest absolute Gasteiger partial charge is 0.465 e. The van der Waals surface area contributed by atoms with Crippen LogP contribution in [0, 0.1) is 6.92 Å². The molecule has 4 heteroatoms. The summed E-state index contributed by atoms with van der Waals surface area (Å²) in [5, 5.41) is 2.09. The molecule has 0 unspecified atom stereocenters. The summed E-state index contributed by atoms with van der Waals surface area (Å²) >= 11 is 1.77. The molecule has 3 nitrogen and oxygen atoms in total. The SMILES string of the molecule is Cc1oc(CN)cc1COCCc1cccs1. The van der Waals surface area contributed by atoms with Crippen LogP contribution < -0.4 is 5.73 Å². The second-order valence-corrected chi connectivity index (χ2v) is 4.91. The maximum atomic E-state index is 5.64. The molecule has 0 aromatic carbocycles. The van der Waals surface area contributed by atoms with E-state index in [1.807, 2.05) is 13.0 Å². The van der Waals surface area contributed by atoms with Gasteiger partial charge in [0.15, 0.2) is 0 Å². The van der Waals surface area contributed by atoms with E-state index in [1.54, 1.807) is 11.3 Å². The van der Waals surface area contributed by atoms with E-state index >= 15 is 0 Å². The Morgan fingerprint density at radius 2 is 2.35 bits per heavy atom. The molecule has 0 saturated carbocycles. The Hall–Kier alpha value is -1.10. The van der Waals surface area contributed by atoms with Gasteiger partial charge in [0, 0.05) is 16.9 Å². The second kappa shape index (κ2) is 6.00. The van der Waals surface area contributed by atoms with Crippen LogP contribution in [-0.4, -0.2) is 6.61 Å². The van der Waals surface area contributed by atoms with Gasteiger partial charge in [-0.05, 0) is 24.4 Å². The molecule has 0 aliphatic rings. The zero-order valence-electron chi connectivity index (χ0n) is 9.94. The van der Waals surface area contributed by atoms with E-state index in [2.05, 4.69) is 17.5 Å². The Morgan fingerprint density at radius 3 is 3.00 bits per heavy atom. The molecule has 2 aromatic heterocycles. The summed E-state index contributed by atoms with van der Waals surface area (Å²) in [5.41, 5.74) is 6.61. The summed E-state index contributed by atoms with van der Waals surface area (Å²) < 4.78 is 11.1. The number of hydrogen-bond acceptors (Lipinski definition) is 4. The van der Waals surface area contributed by atoms with Crippen LogP contribution >= 0.6 is 11.3 Å². The average Bonchev–Trinajstić information content (AvgIpc) is 2.94. The first-order chi connectivity index (χ1) is 8.29. The van der Waals surface area contributed by atoms with Crippen LogP contribution in [0.1, 0.15) is 22.0 Å². The second-order valence-electron chi connectivity index (χ2n) is 3.88. The fraction of sp³-hybridized carbons (Fsp3) is 0.385. The van der Waals surface area contributed by atoms with Crippen LogP contribution in [-0.2, 0) is 24.3 Å². The van der Waals surface area contributed by atoms with Gasteiger partial charge in [0.1, 0.15) is 11.5 Å². The minimum atomic E-state index is 0.441. The summed E-state index contributed by atoms with van der Waals surface area (Å²) in [6.07, 6.45) is 0.971. The fourth-order valence-corrected chi connectivity index (χ4v) is 2.33. The molecular formula is C13H17NO2S. The van der Waals surface area contributed by atoms with Crippen molar-refractivity contribution in [1.29, 1.82) is 0 Å². The third kappa shape index (κ3) is 3.43. The normalized spacial score (nSPS) is 10.9. The van der Waals surface area contributed by atoms with Crippen molar-refractivity contribution in [3.8, 4) is 0 Å². The predicted molar refractivity (Wildman–Crippen MR) is 69.0 cm³/mol. The van der Waals surface area contributed by atoms with Gasteiger partial charge in [0.25, 0.3) is 0 Å². The number of ether oxygens (including phenoxy) is 1. The lowest BCUT2D eigenvalue weighted by Gasteiger charge is -2.01. The van der Waals surface area contributed by atoms with Crippen molar-refractivity contribution in [1.82, 2.24) is 0 Å². The van der Waals surface area contributed by atoms with E-state index in [4.69, 9.17) is 14.9 Å². The fourth-order valence-electron chi connectivity index (χ4n) is 1.64. The Bertz CT molecular complexity index is 448. The van der Waals surface area contributed by atoms with Gasteiger partial charge >= 0.3 is 0 Å². The van der Waals surface area contributed by atoms with Gasteiger partial charge < -0.3 is 14.9 Å². The maximum Gasteiger partial charge on any atom is 0.118 e. The smallest absolute Gasteiger partial charge is 0.118 e. The number of hydrogen-bond donors (Lipinski definition) is 1. The molecule has 0 spiro atoms. The Labute approximate surface area is 105 Å². The minimum Gasteiger partial charge on any atom is -0.465 e. The highest BCUT2D eigenvalue weighted by molar-refractivity contribution is 7.09. The van der Waals surface area contributed by atoms with Gasteiger partial charge in [-0.25, -0.2) is 0 Å². The molecular weight excluding hydrogens is 234 g/mol. The summed E-state index contributed by atoms with van der Waals surface area (Å²) in [4.78, 5) is 1.36. The van der Waals surface area contributed by atoms with E-state index in [1.165, 1.54) is 4.88 Å². The van der Waals surface area contributed by atoms with Gasteiger partial charge in [-0.15, -0.1) is 11.3 Å². The van der Waals surface area contributed by atoms with Gasteiger partial charge in [0.2, 0.25) is 0 Å². The topological polar surface area (TPSA) is 48.4 Å². The van der Waals surface area contributed by atoms with E-state index in [-0.39, 0.29) is 0 Å². The zero-order chi connectivity index (χ0) is 12.1.